The van der Waals surface area contributed by atoms with E-state index in [4.69, 9.17) is 21.1 Å². The number of hydrogen-bond acceptors (Lipinski definition) is 4. The second kappa shape index (κ2) is 4.98. The molecule has 1 fully saturated rings. The third-order valence-electron chi connectivity index (χ3n) is 3.18. The first-order valence-electron chi connectivity index (χ1n) is 6.43. The Bertz CT molecular complexity index is 591. The van der Waals surface area contributed by atoms with E-state index in [0.29, 0.717) is 17.6 Å². The average Bonchev–Trinajstić information content (AvgIpc) is 2.97. The predicted molar refractivity (Wildman–Crippen MR) is 72.8 cm³/mol. The summed E-state index contributed by atoms with van der Waals surface area (Å²) in [6.07, 6.45) is 2.69. The highest BCUT2D eigenvalue weighted by atomic mass is 35.5. The topological polar surface area (TPSA) is 49.2 Å². The van der Waals surface area contributed by atoms with Gasteiger partial charge in [-0.3, -0.25) is 4.68 Å². The predicted octanol–water partition coefficient (Wildman–Crippen LogP) is 2.83. The highest BCUT2D eigenvalue weighted by Crippen LogP contribution is 2.29. The largest absolute Gasteiger partial charge is 0.470 e. The van der Waals surface area contributed by atoms with Crippen LogP contribution in [0.4, 0.5) is 0 Å². The summed E-state index contributed by atoms with van der Waals surface area (Å²) in [5, 5.41) is 5.89. The van der Waals surface area contributed by atoms with Gasteiger partial charge in [0.05, 0.1) is 24.1 Å². The molecule has 102 valence electrons. The number of fused-ring (bicyclic) bond motifs is 1. The van der Waals surface area contributed by atoms with E-state index in [-0.39, 0.29) is 12.1 Å². The van der Waals surface area contributed by atoms with Gasteiger partial charge in [0, 0.05) is 24.7 Å². The monoisotopic (exact) mass is 281 g/mol. The quantitative estimate of drug-likeness (QED) is 0.812. The van der Waals surface area contributed by atoms with Gasteiger partial charge in [-0.2, -0.15) is 0 Å². The Morgan fingerprint density at radius 2 is 2.37 bits per heavy atom. The van der Waals surface area contributed by atoms with Gasteiger partial charge in [0.1, 0.15) is 11.3 Å². The summed E-state index contributed by atoms with van der Waals surface area (Å²) in [6.45, 7) is 5.51. The van der Waals surface area contributed by atoms with Crippen molar-refractivity contribution in [2.45, 2.75) is 32.4 Å². The van der Waals surface area contributed by atoms with Gasteiger partial charge in [-0.15, -0.1) is 5.10 Å². The molecule has 6 heteroatoms. The molecule has 0 spiro atoms. The number of halogens is 1. The molecule has 0 radical (unpaired) electrons. The maximum atomic E-state index is 5.96. The highest BCUT2D eigenvalue weighted by molar-refractivity contribution is 6.30. The smallest absolute Gasteiger partial charge is 0.242 e. The summed E-state index contributed by atoms with van der Waals surface area (Å²) in [5.41, 5.74) is 0.948. The Hall–Kier alpha value is -1.33. The number of rotatable bonds is 3. The van der Waals surface area contributed by atoms with Crippen molar-refractivity contribution in [2.75, 3.05) is 13.2 Å². The molecule has 2 aromatic rings. The van der Waals surface area contributed by atoms with Crippen molar-refractivity contribution < 1.29 is 9.47 Å². The molecule has 0 N–H and O–H groups in total. The minimum Gasteiger partial charge on any atom is -0.470 e. The maximum absolute atomic E-state index is 5.96. The molecule has 0 bridgehead atoms. The minimum atomic E-state index is 0.0781. The van der Waals surface area contributed by atoms with Crippen LogP contribution in [0.3, 0.4) is 0 Å². The van der Waals surface area contributed by atoms with Gasteiger partial charge in [-0.25, -0.2) is 4.98 Å². The van der Waals surface area contributed by atoms with Gasteiger partial charge in [-0.05, 0) is 13.8 Å². The lowest BCUT2D eigenvalue weighted by Gasteiger charge is -2.09. The molecule has 3 heterocycles. The van der Waals surface area contributed by atoms with Gasteiger partial charge in [-0.1, -0.05) is 11.6 Å². The fourth-order valence-corrected chi connectivity index (χ4v) is 2.38. The Labute approximate surface area is 116 Å². The van der Waals surface area contributed by atoms with Crippen LogP contribution in [0, 0.1) is 0 Å². The molecule has 3 rings (SSSR count). The van der Waals surface area contributed by atoms with Gasteiger partial charge in [0.15, 0.2) is 0 Å². The zero-order chi connectivity index (χ0) is 13.4. The van der Waals surface area contributed by atoms with E-state index in [0.717, 1.165) is 23.9 Å². The van der Waals surface area contributed by atoms with Gasteiger partial charge >= 0.3 is 0 Å². The molecule has 5 nitrogen and oxygen atoms in total. The van der Waals surface area contributed by atoms with E-state index in [9.17, 15) is 0 Å². The van der Waals surface area contributed by atoms with Crippen molar-refractivity contribution in [3.05, 3.63) is 17.4 Å². The molecule has 1 aliphatic heterocycles. The minimum absolute atomic E-state index is 0.0781. The lowest BCUT2D eigenvalue weighted by molar-refractivity contribution is 0.138. The van der Waals surface area contributed by atoms with Crippen LogP contribution in [0.15, 0.2) is 12.3 Å². The molecular weight excluding hydrogens is 266 g/mol. The van der Waals surface area contributed by atoms with Crippen LogP contribution in [-0.4, -0.2) is 34.1 Å². The van der Waals surface area contributed by atoms with Crippen molar-refractivity contribution in [1.29, 1.82) is 0 Å². The molecule has 2 aromatic heterocycles. The third kappa shape index (κ3) is 2.40. The second-order valence-corrected chi connectivity index (χ2v) is 5.36. The molecule has 1 atom stereocenters. The fraction of sp³-hybridized carbons (Fsp3) is 0.538. The van der Waals surface area contributed by atoms with E-state index in [1.807, 2.05) is 10.7 Å². The molecule has 1 unspecified atom stereocenters. The van der Waals surface area contributed by atoms with Crippen molar-refractivity contribution in [2.24, 2.45) is 0 Å². The van der Waals surface area contributed by atoms with Crippen LogP contribution in [0.5, 0.6) is 5.88 Å². The Kier molecular flexibility index (Phi) is 3.33. The van der Waals surface area contributed by atoms with Gasteiger partial charge in [0.25, 0.3) is 0 Å². The lowest BCUT2D eigenvalue weighted by Crippen LogP contribution is -2.16. The molecule has 0 aliphatic carbocycles. The van der Waals surface area contributed by atoms with Crippen molar-refractivity contribution in [3.63, 3.8) is 0 Å². The SMILES string of the molecule is CC(C)n1nc(OC2CCOC2)c2cnc(Cl)cc21. The van der Waals surface area contributed by atoms with E-state index in [1.165, 1.54) is 0 Å². The average molecular weight is 282 g/mol. The molecule has 19 heavy (non-hydrogen) atoms. The standard InChI is InChI=1S/C13H16ClN3O2/c1-8(2)17-11-5-12(14)15-6-10(11)13(16-17)19-9-3-4-18-7-9/h5-6,8-9H,3-4,7H2,1-2H3. The first-order chi connectivity index (χ1) is 9.15. The van der Waals surface area contributed by atoms with Crippen LogP contribution in [0.1, 0.15) is 26.3 Å². The van der Waals surface area contributed by atoms with Crippen LogP contribution in [-0.2, 0) is 4.74 Å². The molecule has 1 saturated heterocycles. The van der Waals surface area contributed by atoms with Gasteiger partial charge < -0.3 is 9.47 Å². The maximum Gasteiger partial charge on any atom is 0.242 e. The van der Waals surface area contributed by atoms with E-state index in [1.54, 1.807) is 6.20 Å². The van der Waals surface area contributed by atoms with Crippen LogP contribution >= 0.6 is 11.6 Å². The summed E-state index contributed by atoms with van der Waals surface area (Å²) < 4.78 is 13.1. The Morgan fingerprint density at radius 1 is 1.53 bits per heavy atom. The number of hydrogen-bond donors (Lipinski definition) is 0. The van der Waals surface area contributed by atoms with Crippen molar-refractivity contribution >= 4 is 22.5 Å². The van der Waals surface area contributed by atoms with Crippen molar-refractivity contribution in [1.82, 2.24) is 14.8 Å². The second-order valence-electron chi connectivity index (χ2n) is 4.97. The third-order valence-corrected chi connectivity index (χ3v) is 3.39. The summed E-state index contributed by atoms with van der Waals surface area (Å²) in [4.78, 5) is 4.12. The molecule has 0 amide bonds. The zero-order valence-corrected chi connectivity index (χ0v) is 11.7. The molecule has 0 saturated carbocycles. The summed E-state index contributed by atoms with van der Waals surface area (Å²) >= 11 is 5.96. The lowest BCUT2D eigenvalue weighted by atomic mass is 10.3. The summed E-state index contributed by atoms with van der Waals surface area (Å²) in [7, 11) is 0. The van der Waals surface area contributed by atoms with Crippen LogP contribution in [0.25, 0.3) is 10.9 Å². The normalized spacial score (nSPS) is 19.5. The van der Waals surface area contributed by atoms with Crippen molar-refractivity contribution in [3.8, 4) is 5.88 Å². The zero-order valence-electron chi connectivity index (χ0n) is 11.0. The summed E-state index contributed by atoms with van der Waals surface area (Å²) in [6, 6.07) is 2.06. The first-order valence-corrected chi connectivity index (χ1v) is 6.81. The fourth-order valence-electron chi connectivity index (χ4n) is 2.22. The summed E-state index contributed by atoms with van der Waals surface area (Å²) in [5.74, 6) is 0.614. The van der Waals surface area contributed by atoms with E-state index >= 15 is 0 Å². The molecular formula is C13H16ClN3O2. The molecule has 0 aromatic carbocycles. The number of ether oxygens (including phenoxy) is 2. The first kappa shape index (κ1) is 12.7. The molecule has 1 aliphatic rings. The van der Waals surface area contributed by atoms with Crippen LogP contribution in [0.2, 0.25) is 5.15 Å². The Balaban J connectivity index is 2.03. The van der Waals surface area contributed by atoms with Gasteiger partial charge in [0.2, 0.25) is 5.88 Å². The van der Waals surface area contributed by atoms with E-state index in [2.05, 4.69) is 23.9 Å². The Morgan fingerprint density at radius 3 is 3.05 bits per heavy atom. The number of nitrogens with zero attached hydrogens (tertiary/aromatic N) is 3. The highest BCUT2D eigenvalue weighted by Gasteiger charge is 2.21. The number of pyridine rings is 1. The number of aromatic nitrogens is 3. The van der Waals surface area contributed by atoms with E-state index < -0.39 is 0 Å². The van der Waals surface area contributed by atoms with Crippen LogP contribution < -0.4 is 4.74 Å².